The van der Waals surface area contributed by atoms with Crippen molar-refractivity contribution in [2.45, 2.75) is 20.4 Å². The fourth-order valence-electron chi connectivity index (χ4n) is 2.27. The first kappa shape index (κ1) is 16.5. The molecule has 1 aromatic carbocycles. The minimum absolute atomic E-state index is 0.00302. The zero-order chi connectivity index (χ0) is 15.3. The van der Waals surface area contributed by atoms with Gasteiger partial charge in [0.1, 0.15) is 11.6 Å². The van der Waals surface area contributed by atoms with Crippen LogP contribution in [0.4, 0.5) is 8.78 Å². The number of nitriles is 1. The van der Waals surface area contributed by atoms with Gasteiger partial charge in [-0.25, -0.2) is 8.78 Å². The molecule has 0 fully saturated rings. The van der Waals surface area contributed by atoms with Gasteiger partial charge in [-0.1, -0.05) is 13.8 Å². The van der Waals surface area contributed by atoms with Crippen LogP contribution in [-0.4, -0.2) is 32.1 Å². The molecule has 20 heavy (non-hydrogen) atoms. The highest BCUT2D eigenvalue weighted by molar-refractivity contribution is 5.34. The van der Waals surface area contributed by atoms with Crippen LogP contribution in [0.15, 0.2) is 12.1 Å². The molecule has 3 nitrogen and oxygen atoms in total. The van der Waals surface area contributed by atoms with Gasteiger partial charge in [0, 0.05) is 25.2 Å². The van der Waals surface area contributed by atoms with E-state index >= 15 is 0 Å². The van der Waals surface area contributed by atoms with E-state index in [-0.39, 0.29) is 23.1 Å². The van der Waals surface area contributed by atoms with E-state index in [2.05, 4.69) is 24.1 Å². The maximum atomic E-state index is 13.7. The molecule has 0 saturated carbocycles. The van der Waals surface area contributed by atoms with Crippen LogP contribution in [0.2, 0.25) is 0 Å². The standard InChI is InChI=1S/C15H21F2N3/c1-15(2,10-20(3)4)9-19-8-12-13(16)5-11(7-18)6-14(12)17/h5-6,19H,8-10H2,1-4H3. The molecule has 1 aromatic rings. The maximum absolute atomic E-state index is 13.7. The lowest BCUT2D eigenvalue weighted by molar-refractivity contribution is 0.231. The minimum atomic E-state index is -0.681. The van der Waals surface area contributed by atoms with E-state index in [0.717, 1.165) is 18.7 Å². The summed E-state index contributed by atoms with van der Waals surface area (Å²) in [6.45, 7) is 5.81. The molecule has 0 radical (unpaired) electrons. The first-order valence-corrected chi connectivity index (χ1v) is 6.48. The van der Waals surface area contributed by atoms with Gasteiger partial charge >= 0.3 is 0 Å². The zero-order valence-corrected chi connectivity index (χ0v) is 12.4. The molecule has 0 amide bonds. The SMILES string of the molecule is CN(C)CC(C)(C)CNCc1c(F)cc(C#N)cc1F. The van der Waals surface area contributed by atoms with Gasteiger partial charge in [0.05, 0.1) is 11.6 Å². The molecule has 0 aromatic heterocycles. The first-order chi connectivity index (χ1) is 9.25. The summed E-state index contributed by atoms with van der Waals surface area (Å²) in [4.78, 5) is 2.07. The van der Waals surface area contributed by atoms with Crippen molar-refractivity contribution in [1.82, 2.24) is 10.2 Å². The number of rotatable bonds is 6. The van der Waals surface area contributed by atoms with Crippen LogP contribution in [-0.2, 0) is 6.54 Å². The van der Waals surface area contributed by atoms with Crippen LogP contribution in [0.5, 0.6) is 0 Å². The fourth-order valence-corrected chi connectivity index (χ4v) is 2.27. The molecule has 0 unspecified atom stereocenters. The fraction of sp³-hybridized carbons (Fsp3) is 0.533. The van der Waals surface area contributed by atoms with Gasteiger partial charge in [0.2, 0.25) is 0 Å². The Hall–Kier alpha value is -1.51. The average Bonchev–Trinajstić information content (AvgIpc) is 2.30. The topological polar surface area (TPSA) is 39.1 Å². The van der Waals surface area contributed by atoms with Crippen LogP contribution in [0.25, 0.3) is 0 Å². The van der Waals surface area contributed by atoms with Crippen molar-refractivity contribution in [3.05, 3.63) is 34.9 Å². The highest BCUT2D eigenvalue weighted by atomic mass is 19.1. The molecule has 0 aliphatic heterocycles. The lowest BCUT2D eigenvalue weighted by atomic mass is 9.93. The summed E-state index contributed by atoms with van der Waals surface area (Å²) < 4.78 is 27.4. The number of nitrogens with zero attached hydrogens (tertiary/aromatic N) is 2. The molecule has 0 heterocycles. The Bertz CT molecular complexity index is 481. The summed E-state index contributed by atoms with van der Waals surface area (Å²) in [6.07, 6.45) is 0. The van der Waals surface area contributed by atoms with E-state index in [1.165, 1.54) is 0 Å². The highest BCUT2D eigenvalue weighted by Gasteiger charge is 2.19. The van der Waals surface area contributed by atoms with Crippen molar-refractivity contribution >= 4 is 0 Å². The summed E-state index contributed by atoms with van der Waals surface area (Å²) in [7, 11) is 3.98. The van der Waals surface area contributed by atoms with Crippen molar-refractivity contribution in [3.8, 4) is 6.07 Å². The van der Waals surface area contributed by atoms with Gasteiger partial charge in [-0.2, -0.15) is 5.26 Å². The van der Waals surface area contributed by atoms with Gasteiger partial charge < -0.3 is 10.2 Å². The monoisotopic (exact) mass is 281 g/mol. The zero-order valence-electron chi connectivity index (χ0n) is 12.4. The third-order valence-electron chi connectivity index (χ3n) is 2.92. The minimum Gasteiger partial charge on any atom is -0.312 e. The largest absolute Gasteiger partial charge is 0.312 e. The molecule has 0 aliphatic carbocycles. The van der Waals surface area contributed by atoms with E-state index in [1.807, 2.05) is 14.1 Å². The summed E-state index contributed by atoms with van der Waals surface area (Å²) in [5.74, 6) is -1.36. The first-order valence-electron chi connectivity index (χ1n) is 6.48. The highest BCUT2D eigenvalue weighted by Crippen LogP contribution is 2.17. The van der Waals surface area contributed by atoms with Crippen molar-refractivity contribution in [2.24, 2.45) is 5.41 Å². The molecule has 0 saturated heterocycles. The molecule has 1 rings (SSSR count). The number of halogens is 2. The van der Waals surface area contributed by atoms with Gasteiger partial charge in [-0.3, -0.25) is 0 Å². The molecular formula is C15H21F2N3. The number of nitrogens with one attached hydrogen (secondary N) is 1. The van der Waals surface area contributed by atoms with Gasteiger partial charge in [-0.15, -0.1) is 0 Å². The van der Waals surface area contributed by atoms with Crippen molar-refractivity contribution in [1.29, 1.82) is 5.26 Å². The Morgan fingerprint density at radius 1 is 1.25 bits per heavy atom. The quantitative estimate of drug-likeness (QED) is 0.871. The van der Waals surface area contributed by atoms with Crippen molar-refractivity contribution in [2.75, 3.05) is 27.2 Å². The average molecular weight is 281 g/mol. The second-order valence-corrected chi connectivity index (χ2v) is 6.04. The Kier molecular flexibility index (Phi) is 5.61. The number of benzene rings is 1. The summed E-state index contributed by atoms with van der Waals surface area (Å²) in [6, 6.07) is 3.85. The Morgan fingerprint density at radius 2 is 1.80 bits per heavy atom. The Morgan fingerprint density at radius 3 is 2.25 bits per heavy atom. The van der Waals surface area contributed by atoms with Crippen LogP contribution in [0.1, 0.15) is 25.0 Å². The normalized spacial score (nSPS) is 11.7. The lowest BCUT2D eigenvalue weighted by Crippen LogP contribution is -2.37. The Labute approximate surface area is 119 Å². The maximum Gasteiger partial charge on any atom is 0.131 e. The molecular weight excluding hydrogens is 260 g/mol. The van der Waals surface area contributed by atoms with E-state index in [0.29, 0.717) is 6.54 Å². The number of hydrogen-bond donors (Lipinski definition) is 1. The van der Waals surface area contributed by atoms with E-state index in [1.54, 1.807) is 6.07 Å². The van der Waals surface area contributed by atoms with Crippen LogP contribution >= 0.6 is 0 Å². The van der Waals surface area contributed by atoms with Gasteiger partial charge in [0.25, 0.3) is 0 Å². The molecule has 1 N–H and O–H groups in total. The van der Waals surface area contributed by atoms with Crippen LogP contribution in [0.3, 0.4) is 0 Å². The second kappa shape index (κ2) is 6.78. The van der Waals surface area contributed by atoms with E-state index in [4.69, 9.17) is 5.26 Å². The van der Waals surface area contributed by atoms with Crippen LogP contribution in [0, 0.1) is 28.4 Å². The molecule has 0 spiro atoms. The van der Waals surface area contributed by atoms with E-state index < -0.39 is 11.6 Å². The number of hydrogen-bond acceptors (Lipinski definition) is 3. The molecule has 110 valence electrons. The third kappa shape index (κ3) is 4.87. The summed E-state index contributed by atoms with van der Waals surface area (Å²) in [5.41, 5.74) is -0.0235. The predicted molar refractivity (Wildman–Crippen MR) is 75.1 cm³/mol. The molecule has 5 heteroatoms. The Balaban J connectivity index is 2.65. The van der Waals surface area contributed by atoms with Gasteiger partial charge in [0.15, 0.2) is 0 Å². The molecule has 0 bridgehead atoms. The summed E-state index contributed by atoms with van der Waals surface area (Å²) in [5, 5.41) is 11.7. The molecule has 0 aliphatic rings. The summed E-state index contributed by atoms with van der Waals surface area (Å²) >= 11 is 0. The third-order valence-corrected chi connectivity index (χ3v) is 2.92. The smallest absolute Gasteiger partial charge is 0.131 e. The van der Waals surface area contributed by atoms with Crippen LogP contribution < -0.4 is 5.32 Å². The lowest BCUT2D eigenvalue weighted by Gasteiger charge is -2.28. The van der Waals surface area contributed by atoms with Crippen molar-refractivity contribution < 1.29 is 8.78 Å². The van der Waals surface area contributed by atoms with E-state index in [9.17, 15) is 8.78 Å². The predicted octanol–water partition coefficient (Wildman–Crippen LogP) is 2.51. The van der Waals surface area contributed by atoms with Crippen molar-refractivity contribution in [3.63, 3.8) is 0 Å². The second-order valence-electron chi connectivity index (χ2n) is 6.04. The van der Waals surface area contributed by atoms with Gasteiger partial charge in [-0.05, 0) is 31.6 Å². The molecule has 0 atom stereocenters.